The van der Waals surface area contributed by atoms with Gasteiger partial charge in [0.2, 0.25) is 0 Å². The molecule has 0 aliphatic carbocycles. The van der Waals surface area contributed by atoms with E-state index in [4.69, 9.17) is 0 Å². The summed E-state index contributed by atoms with van der Waals surface area (Å²) in [4.78, 5) is 0. The Morgan fingerprint density at radius 1 is 0.636 bits per heavy atom. The summed E-state index contributed by atoms with van der Waals surface area (Å²) in [5, 5.41) is 0. The first-order valence-corrected chi connectivity index (χ1v) is 5.84. The summed E-state index contributed by atoms with van der Waals surface area (Å²) >= 11 is 0. The molecule has 0 aromatic heterocycles. The Balaban J connectivity index is 5.34. The van der Waals surface area contributed by atoms with Crippen molar-refractivity contribution in [2.24, 2.45) is 0 Å². The topological polar surface area (TPSA) is 18.5 Å². The quantitative estimate of drug-likeness (QED) is 0.449. The van der Waals surface area contributed by atoms with Gasteiger partial charge < -0.3 is 9.47 Å². The van der Waals surface area contributed by atoms with E-state index in [2.05, 4.69) is 9.47 Å². The molecule has 22 heavy (non-hydrogen) atoms. The van der Waals surface area contributed by atoms with E-state index in [1.54, 1.807) is 0 Å². The lowest BCUT2D eigenvalue weighted by Crippen LogP contribution is -2.64. The third-order valence-corrected chi connectivity index (χ3v) is 2.31. The molecule has 0 aromatic rings. The molecular weight excluding hydrogens is 328 g/mol. The Bertz CT molecular complexity index is 366. The van der Waals surface area contributed by atoms with Crippen LogP contribution in [0.1, 0.15) is 13.8 Å². The largest absolute Gasteiger partial charge is 0.495 e. The van der Waals surface area contributed by atoms with Gasteiger partial charge in [0, 0.05) is 0 Å². The van der Waals surface area contributed by atoms with Gasteiger partial charge in [-0.15, -0.1) is 0 Å². The molecule has 10 heteroatoms. The molecular formula is C12H14F8O2. The van der Waals surface area contributed by atoms with Crippen LogP contribution in [0.5, 0.6) is 0 Å². The van der Waals surface area contributed by atoms with E-state index in [1.807, 2.05) is 0 Å². The maximum absolute atomic E-state index is 13.3. The van der Waals surface area contributed by atoms with Crippen molar-refractivity contribution < 1.29 is 44.6 Å². The molecule has 0 spiro atoms. The van der Waals surface area contributed by atoms with Crippen molar-refractivity contribution in [1.29, 1.82) is 0 Å². The molecule has 2 nitrogen and oxygen atoms in total. The van der Waals surface area contributed by atoms with E-state index in [1.165, 1.54) is 13.8 Å². The fourth-order valence-corrected chi connectivity index (χ4v) is 1.14. The Kier molecular flexibility index (Phi) is 6.70. The van der Waals surface area contributed by atoms with E-state index in [0.29, 0.717) is 12.5 Å². The number of ether oxygens (including phenoxy) is 2. The standard InChI is InChI=1S/C12H14F8O2/c1-3-5-21-7-9(13,14)11(17,18)12(19,20)10(15,16)8-22-6-4-2/h3-6H,7-8H2,1-2H3. The Morgan fingerprint density at radius 3 is 1.14 bits per heavy atom. The van der Waals surface area contributed by atoms with Crippen molar-refractivity contribution in [1.82, 2.24) is 0 Å². The van der Waals surface area contributed by atoms with Crippen LogP contribution < -0.4 is 0 Å². The first-order valence-electron chi connectivity index (χ1n) is 5.84. The minimum atomic E-state index is -6.36. The van der Waals surface area contributed by atoms with Gasteiger partial charge in [0.1, 0.15) is 0 Å². The number of halogens is 8. The molecule has 0 fully saturated rings. The number of hydrogen-bond acceptors (Lipinski definition) is 2. The van der Waals surface area contributed by atoms with Gasteiger partial charge >= 0.3 is 23.7 Å². The number of hydrogen-bond donors (Lipinski definition) is 0. The summed E-state index contributed by atoms with van der Waals surface area (Å²) in [6, 6.07) is 0. The molecule has 0 amide bonds. The smallest absolute Gasteiger partial charge is 0.381 e. The van der Waals surface area contributed by atoms with Crippen LogP contribution in [0.25, 0.3) is 0 Å². The fraction of sp³-hybridized carbons (Fsp3) is 0.667. The van der Waals surface area contributed by atoms with E-state index in [-0.39, 0.29) is 0 Å². The highest BCUT2D eigenvalue weighted by Gasteiger charge is 2.80. The van der Waals surface area contributed by atoms with Gasteiger partial charge in [-0.2, -0.15) is 35.1 Å². The summed E-state index contributed by atoms with van der Waals surface area (Å²) < 4.78 is 113. The zero-order valence-corrected chi connectivity index (χ0v) is 11.6. The summed E-state index contributed by atoms with van der Waals surface area (Å²) in [5.74, 6) is -23.8. The highest BCUT2D eigenvalue weighted by molar-refractivity contribution is 5.04. The SMILES string of the molecule is CC=COCC(F)(F)C(F)(F)C(F)(F)C(F)(F)COC=CC. The van der Waals surface area contributed by atoms with Crippen LogP contribution in [0.4, 0.5) is 35.1 Å². The summed E-state index contributed by atoms with van der Waals surface area (Å²) in [5.41, 5.74) is 0. The van der Waals surface area contributed by atoms with Gasteiger partial charge in [0.25, 0.3) is 0 Å². The Hall–Kier alpha value is -1.48. The van der Waals surface area contributed by atoms with Crippen molar-refractivity contribution in [3.8, 4) is 0 Å². The molecule has 0 aromatic carbocycles. The number of alkyl halides is 8. The van der Waals surface area contributed by atoms with Crippen LogP contribution in [0, 0.1) is 0 Å². The molecule has 0 heterocycles. The average Bonchev–Trinajstić information content (AvgIpc) is 2.38. The third-order valence-electron chi connectivity index (χ3n) is 2.31. The lowest BCUT2D eigenvalue weighted by atomic mass is 9.99. The predicted molar refractivity (Wildman–Crippen MR) is 61.3 cm³/mol. The van der Waals surface area contributed by atoms with Gasteiger partial charge in [-0.1, -0.05) is 12.2 Å². The van der Waals surface area contributed by atoms with Crippen molar-refractivity contribution >= 4 is 0 Å². The van der Waals surface area contributed by atoms with Crippen LogP contribution in [-0.4, -0.2) is 36.9 Å². The highest BCUT2D eigenvalue weighted by atomic mass is 19.4. The second kappa shape index (κ2) is 7.19. The lowest BCUT2D eigenvalue weighted by molar-refractivity contribution is -0.374. The molecule has 130 valence electrons. The highest BCUT2D eigenvalue weighted by Crippen LogP contribution is 2.52. The van der Waals surface area contributed by atoms with Crippen molar-refractivity contribution in [3.05, 3.63) is 24.7 Å². The zero-order chi connectivity index (χ0) is 17.7. The summed E-state index contributed by atoms with van der Waals surface area (Å²) in [6.45, 7) is -1.83. The molecule has 0 radical (unpaired) electrons. The molecule has 0 N–H and O–H groups in total. The zero-order valence-electron chi connectivity index (χ0n) is 11.6. The van der Waals surface area contributed by atoms with Crippen LogP contribution in [0.15, 0.2) is 24.7 Å². The molecule has 0 saturated carbocycles. The summed E-state index contributed by atoms with van der Waals surface area (Å²) in [7, 11) is 0. The van der Waals surface area contributed by atoms with Gasteiger partial charge in [-0.25, -0.2) is 0 Å². The van der Waals surface area contributed by atoms with Gasteiger partial charge in [-0.3, -0.25) is 0 Å². The van der Waals surface area contributed by atoms with E-state index in [9.17, 15) is 35.1 Å². The maximum Gasteiger partial charge on any atom is 0.381 e. The van der Waals surface area contributed by atoms with Gasteiger partial charge in [-0.05, 0) is 13.8 Å². The van der Waals surface area contributed by atoms with Crippen LogP contribution in [0.3, 0.4) is 0 Å². The first-order chi connectivity index (χ1) is 9.87. The molecule has 0 rings (SSSR count). The molecule has 0 aliphatic heterocycles. The second-order valence-corrected chi connectivity index (χ2v) is 4.12. The van der Waals surface area contributed by atoms with Crippen LogP contribution in [-0.2, 0) is 9.47 Å². The monoisotopic (exact) mass is 342 g/mol. The van der Waals surface area contributed by atoms with Crippen LogP contribution in [0.2, 0.25) is 0 Å². The minimum absolute atomic E-state index is 0.537. The Labute approximate surface area is 121 Å². The molecule has 0 bridgehead atoms. The van der Waals surface area contributed by atoms with E-state index >= 15 is 0 Å². The summed E-state index contributed by atoms with van der Waals surface area (Å²) in [6.07, 6.45) is 3.11. The maximum atomic E-state index is 13.3. The first kappa shape index (κ1) is 20.5. The molecule has 0 aliphatic rings. The second-order valence-electron chi connectivity index (χ2n) is 4.12. The van der Waals surface area contributed by atoms with E-state index < -0.39 is 36.9 Å². The minimum Gasteiger partial charge on any atom is -0.495 e. The van der Waals surface area contributed by atoms with Crippen molar-refractivity contribution in [3.63, 3.8) is 0 Å². The predicted octanol–water partition coefficient (Wildman–Crippen LogP) is 4.63. The fourth-order valence-electron chi connectivity index (χ4n) is 1.14. The van der Waals surface area contributed by atoms with Gasteiger partial charge in [0.15, 0.2) is 13.2 Å². The number of rotatable bonds is 9. The Morgan fingerprint density at radius 2 is 0.909 bits per heavy atom. The van der Waals surface area contributed by atoms with E-state index in [0.717, 1.165) is 12.2 Å². The lowest BCUT2D eigenvalue weighted by Gasteiger charge is -2.36. The molecule has 0 saturated heterocycles. The normalized spacial score (nSPS) is 14.8. The van der Waals surface area contributed by atoms with Crippen LogP contribution >= 0.6 is 0 Å². The molecule has 0 unspecified atom stereocenters. The molecule has 0 atom stereocenters. The average molecular weight is 342 g/mol. The number of allylic oxidation sites excluding steroid dienone is 2. The third kappa shape index (κ3) is 4.04. The van der Waals surface area contributed by atoms with Crippen molar-refractivity contribution in [2.75, 3.05) is 13.2 Å². The van der Waals surface area contributed by atoms with Crippen molar-refractivity contribution in [2.45, 2.75) is 37.5 Å². The van der Waals surface area contributed by atoms with Gasteiger partial charge in [0.05, 0.1) is 12.5 Å².